The lowest BCUT2D eigenvalue weighted by atomic mass is 9.92. The first-order chi connectivity index (χ1) is 16.9. The van der Waals surface area contributed by atoms with E-state index in [0.29, 0.717) is 31.4 Å². The largest absolute Gasteiger partial charge is 0.337 e. The monoisotopic (exact) mass is 499 g/mol. The van der Waals surface area contributed by atoms with Crippen molar-refractivity contribution in [2.45, 2.75) is 64.0 Å². The number of amides is 4. The van der Waals surface area contributed by atoms with E-state index in [0.717, 1.165) is 24.8 Å². The van der Waals surface area contributed by atoms with Crippen molar-refractivity contribution in [2.24, 2.45) is 5.92 Å². The number of piperazine rings is 1. The van der Waals surface area contributed by atoms with Crippen molar-refractivity contribution in [1.82, 2.24) is 25.1 Å². The van der Waals surface area contributed by atoms with Crippen LogP contribution in [-0.4, -0.2) is 81.3 Å². The van der Waals surface area contributed by atoms with Crippen molar-refractivity contribution in [2.75, 3.05) is 26.2 Å². The van der Waals surface area contributed by atoms with E-state index in [-0.39, 0.29) is 30.3 Å². The van der Waals surface area contributed by atoms with Gasteiger partial charge < -0.3 is 15.1 Å². The molecule has 35 heavy (non-hydrogen) atoms. The molecule has 1 aromatic rings. The lowest BCUT2D eigenvalue weighted by Gasteiger charge is -2.56. The van der Waals surface area contributed by atoms with Gasteiger partial charge in [-0.1, -0.05) is 63.6 Å². The van der Waals surface area contributed by atoms with Crippen LogP contribution in [0, 0.1) is 5.92 Å². The molecule has 3 aliphatic heterocycles. The molecule has 3 heterocycles. The Balaban J connectivity index is 1.58. The van der Waals surface area contributed by atoms with Crippen molar-refractivity contribution in [3.05, 3.63) is 47.4 Å². The Morgan fingerprint density at radius 2 is 1.97 bits per heavy atom. The lowest BCUT2D eigenvalue weighted by Crippen LogP contribution is -2.77. The maximum atomic E-state index is 13.6. The third kappa shape index (κ3) is 5.51. The number of rotatable bonds is 8. The molecule has 8 nitrogen and oxygen atoms in total. The summed E-state index contributed by atoms with van der Waals surface area (Å²) in [5, 5.41) is 9.14. The summed E-state index contributed by atoms with van der Waals surface area (Å²) in [5.74, 6) is -0.0750. The predicted molar refractivity (Wildman–Crippen MR) is 138 cm³/mol. The molecule has 0 saturated carbocycles. The highest BCUT2D eigenvalue weighted by molar-refractivity contribution is 8.03. The molecule has 3 aliphatic rings. The summed E-state index contributed by atoms with van der Waals surface area (Å²) in [4.78, 5) is 44.1. The number of urea groups is 1. The second-order valence-electron chi connectivity index (χ2n) is 9.52. The Bertz CT molecular complexity index is 934. The number of carbonyl (C=O) groups is 3. The fraction of sp³-hybridized carbons (Fsp3) is 0.577. The summed E-state index contributed by atoms with van der Waals surface area (Å²) < 4.78 is 0. The van der Waals surface area contributed by atoms with Crippen LogP contribution in [0.4, 0.5) is 4.79 Å². The van der Waals surface area contributed by atoms with Crippen molar-refractivity contribution < 1.29 is 14.4 Å². The van der Waals surface area contributed by atoms with Gasteiger partial charge in [0.15, 0.2) is 0 Å². The van der Waals surface area contributed by atoms with Gasteiger partial charge in [-0.15, -0.1) is 11.8 Å². The van der Waals surface area contributed by atoms with Crippen LogP contribution in [-0.2, 0) is 16.1 Å². The molecular formula is C26H37N5O3S. The minimum atomic E-state index is -0.552. The number of hydrogen-bond acceptors (Lipinski definition) is 5. The van der Waals surface area contributed by atoms with Gasteiger partial charge in [-0.25, -0.2) is 14.8 Å². The Morgan fingerprint density at radius 3 is 2.63 bits per heavy atom. The number of benzene rings is 1. The van der Waals surface area contributed by atoms with Crippen LogP contribution in [0.15, 0.2) is 41.8 Å². The molecule has 2 saturated heterocycles. The highest BCUT2D eigenvalue weighted by atomic mass is 32.2. The van der Waals surface area contributed by atoms with E-state index in [1.54, 1.807) is 9.91 Å². The van der Waals surface area contributed by atoms with Gasteiger partial charge in [-0.3, -0.25) is 9.59 Å². The SMILES string of the molecule is CCC(C)[C@H]1C(=O)N(CCC2CC=CS2)C[C@H]2N1C(=O)CN(CC)N2C(=O)NCc1ccccc1. The highest BCUT2D eigenvalue weighted by Crippen LogP contribution is 2.32. The third-order valence-corrected chi connectivity index (χ3v) is 8.45. The molecule has 0 radical (unpaired) electrons. The van der Waals surface area contributed by atoms with Crippen molar-refractivity contribution in [3.63, 3.8) is 0 Å². The average molecular weight is 500 g/mol. The van der Waals surface area contributed by atoms with Gasteiger partial charge in [0.25, 0.3) is 0 Å². The van der Waals surface area contributed by atoms with Crippen LogP contribution in [0.25, 0.3) is 0 Å². The van der Waals surface area contributed by atoms with E-state index in [1.807, 2.05) is 72.8 Å². The number of nitrogens with zero attached hydrogens (tertiary/aromatic N) is 4. The second-order valence-corrected chi connectivity index (χ2v) is 10.7. The summed E-state index contributed by atoms with van der Waals surface area (Å²) >= 11 is 1.82. The molecule has 4 atom stereocenters. The zero-order valence-corrected chi connectivity index (χ0v) is 21.7. The van der Waals surface area contributed by atoms with Crippen LogP contribution in [0.2, 0.25) is 0 Å². The Hall–Kier alpha value is -2.52. The molecule has 0 aliphatic carbocycles. The molecule has 4 rings (SSSR count). The molecule has 0 bridgehead atoms. The fourth-order valence-electron chi connectivity index (χ4n) is 5.13. The molecular weight excluding hydrogens is 462 g/mol. The van der Waals surface area contributed by atoms with Crippen molar-refractivity contribution >= 4 is 29.6 Å². The van der Waals surface area contributed by atoms with Crippen molar-refractivity contribution in [3.8, 4) is 0 Å². The maximum absolute atomic E-state index is 13.6. The fourth-order valence-corrected chi connectivity index (χ4v) is 6.03. The Labute approximate surface area is 212 Å². The molecule has 2 unspecified atom stereocenters. The standard InChI is InChI=1S/C26H37N5O3S/c1-4-19(3)24-25(33)28(14-13-21-12-9-15-35-21)17-22-30(24)23(32)18-29(5-2)31(22)26(34)27-16-20-10-7-6-8-11-20/h6-11,15,19,21-22,24H,4-5,12-14,16-18H2,1-3H3,(H,27,34)/t19?,21?,22-,24-/m0/s1. The van der Waals surface area contributed by atoms with E-state index < -0.39 is 12.2 Å². The molecule has 1 aromatic carbocycles. The first-order valence-electron chi connectivity index (χ1n) is 12.7. The number of fused-ring (bicyclic) bond motifs is 1. The first-order valence-corrected chi connectivity index (χ1v) is 13.6. The number of nitrogens with one attached hydrogen (secondary N) is 1. The third-order valence-electron chi connectivity index (χ3n) is 7.29. The van der Waals surface area contributed by atoms with E-state index in [2.05, 4.69) is 16.8 Å². The number of thioether (sulfide) groups is 1. The minimum absolute atomic E-state index is 0.00155. The number of likely N-dealkylation sites (N-methyl/N-ethyl adjacent to an activating group) is 1. The van der Waals surface area contributed by atoms with E-state index >= 15 is 0 Å². The van der Waals surface area contributed by atoms with Gasteiger partial charge in [-0.05, 0) is 29.7 Å². The van der Waals surface area contributed by atoms with Gasteiger partial charge in [0.2, 0.25) is 11.8 Å². The van der Waals surface area contributed by atoms with Gasteiger partial charge in [0, 0.05) is 24.9 Å². The maximum Gasteiger partial charge on any atom is 0.334 e. The summed E-state index contributed by atoms with van der Waals surface area (Å²) in [5.41, 5.74) is 1.01. The Kier molecular flexibility index (Phi) is 8.38. The minimum Gasteiger partial charge on any atom is -0.337 e. The molecule has 190 valence electrons. The lowest BCUT2D eigenvalue weighted by molar-refractivity contribution is -0.193. The molecule has 9 heteroatoms. The number of allylic oxidation sites excluding steroid dienone is 1. The van der Waals surface area contributed by atoms with E-state index in [9.17, 15) is 14.4 Å². The van der Waals surface area contributed by atoms with Gasteiger partial charge in [0.05, 0.1) is 13.1 Å². The van der Waals surface area contributed by atoms with Crippen LogP contribution < -0.4 is 5.32 Å². The van der Waals surface area contributed by atoms with Crippen LogP contribution in [0.5, 0.6) is 0 Å². The Morgan fingerprint density at radius 1 is 1.20 bits per heavy atom. The first kappa shape index (κ1) is 25.6. The topological polar surface area (TPSA) is 76.2 Å². The number of hydrazine groups is 1. The summed E-state index contributed by atoms with van der Waals surface area (Å²) in [6.07, 6.45) is 4.36. The highest BCUT2D eigenvalue weighted by Gasteiger charge is 2.52. The van der Waals surface area contributed by atoms with E-state index in [4.69, 9.17) is 0 Å². The number of hydrogen-bond donors (Lipinski definition) is 1. The summed E-state index contributed by atoms with van der Waals surface area (Å²) in [7, 11) is 0. The van der Waals surface area contributed by atoms with Gasteiger partial charge >= 0.3 is 6.03 Å². The second kappa shape index (κ2) is 11.5. The quantitative estimate of drug-likeness (QED) is 0.594. The summed E-state index contributed by atoms with van der Waals surface area (Å²) in [6, 6.07) is 8.98. The molecule has 1 N–H and O–H groups in total. The zero-order chi connectivity index (χ0) is 24.9. The smallest absolute Gasteiger partial charge is 0.334 e. The van der Waals surface area contributed by atoms with E-state index in [1.165, 1.54) is 0 Å². The molecule has 2 fully saturated rings. The summed E-state index contributed by atoms with van der Waals surface area (Å²) in [6.45, 7) is 8.01. The van der Waals surface area contributed by atoms with Gasteiger partial charge in [-0.2, -0.15) is 0 Å². The average Bonchev–Trinajstić information content (AvgIpc) is 3.40. The van der Waals surface area contributed by atoms with Crippen LogP contribution >= 0.6 is 11.8 Å². The van der Waals surface area contributed by atoms with Crippen molar-refractivity contribution in [1.29, 1.82) is 0 Å². The molecule has 0 aromatic heterocycles. The van der Waals surface area contributed by atoms with Crippen LogP contribution in [0.1, 0.15) is 45.6 Å². The zero-order valence-electron chi connectivity index (χ0n) is 20.9. The normalized spacial score (nSPS) is 25.7. The molecule has 0 spiro atoms. The molecule has 4 amide bonds. The predicted octanol–water partition coefficient (Wildman–Crippen LogP) is 3.27. The number of carbonyl (C=O) groups excluding carboxylic acids is 3. The van der Waals surface area contributed by atoms with Gasteiger partial charge in [0.1, 0.15) is 12.2 Å². The van der Waals surface area contributed by atoms with Crippen LogP contribution in [0.3, 0.4) is 0 Å².